The molecule has 3 rings (SSSR count). The predicted molar refractivity (Wildman–Crippen MR) is 81.4 cm³/mol. The van der Waals surface area contributed by atoms with Crippen molar-refractivity contribution < 1.29 is 0 Å². The third kappa shape index (κ3) is 2.38. The molecule has 100 valence electrons. The fraction of sp³-hybridized carbons (Fsp3) is 0.0667. The molecule has 0 aliphatic rings. The van der Waals surface area contributed by atoms with Crippen molar-refractivity contribution in [1.82, 2.24) is 15.2 Å². The highest BCUT2D eigenvalue weighted by Crippen LogP contribution is 2.26. The monoisotopic (exact) mass is 284 g/mol. The second-order valence-electron chi connectivity index (χ2n) is 4.61. The first-order chi connectivity index (χ1) is 9.63. The van der Waals surface area contributed by atoms with Crippen LogP contribution in [0.4, 0.5) is 5.69 Å². The van der Waals surface area contributed by atoms with E-state index >= 15 is 0 Å². The van der Waals surface area contributed by atoms with Crippen molar-refractivity contribution in [3.63, 3.8) is 0 Å². The van der Waals surface area contributed by atoms with Crippen LogP contribution in [0.5, 0.6) is 0 Å². The number of aromatic nitrogens is 3. The molecule has 3 N–H and O–H groups in total. The third-order valence-electron chi connectivity index (χ3n) is 3.06. The van der Waals surface area contributed by atoms with Gasteiger partial charge < -0.3 is 5.73 Å². The molecule has 1 heterocycles. The molecule has 0 saturated carbocycles. The summed E-state index contributed by atoms with van der Waals surface area (Å²) in [5, 5.41) is 7.69. The van der Waals surface area contributed by atoms with Gasteiger partial charge in [0.15, 0.2) is 11.6 Å². The number of nitrogens with one attached hydrogen (secondary N) is 1. The summed E-state index contributed by atoms with van der Waals surface area (Å²) in [5.41, 5.74) is 9.35. The van der Waals surface area contributed by atoms with Gasteiger partial charge in [0.25, 0.3) is 0 Å². The molecule has 20 heavy (non-hydrogen) atoms. The normalized spacial score (nSPS) is 10.7. The van der Waals surface area contributed by atoms with Crippen LogP contribution in [0.3, 0.4) is 0 Å². The Bertz CT molecular complexity index is 747. The van der Waals surface area contributed by atoms with Gasteiger partial charge >= 0.3 is 0 Å². The Balaban J connectivity index is 1.97. The molecule has 0 fully saturated rings. The maximum Gasteiger partial charge on any atom is 0.181 e. The smallest absolute Gasteiger partial charge is 0.181 e. The van der Waals surface area contributed by atoms with E-state index in [4.69, 9.17) is 17.3 Å². The van der Waals surface area contributed by atoms with Gasteiger partial charge in [0.05, 0.1) is 10.7 Å². The maximum atomic E-state index is 5.91. The van der Waals surface area contributed by atoms with Crippen LogP contribution in [-0.4, -0.2) is 15.2 Å². The van der Waals surface area contributed by atoms with Crippen LogP contribution in [0.1, 0.15) is 5.56 Å². The number of benzene rings is 2. The van der Waals surface area contributed by atoms with Crippen molar-refractivity contribution >= 4 is 17.3 Å². The van der Waals surface area contributed by atoms with Gasteiger partial charge in [-0.15, -0.1) is 0 Å². The summed E-state index contributed by atoms with van der Waals surface area (Å²) >= 11 is 5.91. The maximum absolute atomic E-state index is 5.91. The fourth-order valence-corrected chi connectivity index (χ4v) is 2.03. The van der Waals surface area contributed by atoms with Crippen molar-refractivity contribution in [3.05, 3.63) is 53.1 Å². The highest BCUT2D eigenvalue weighted by atomic mass is 35.5. The standard InChI is InChI=1S/C15H13ClN4/c1-9-2-4-10(5-3-9)14-18-15(20-19-14)11-6-7-12(16)13(17)8-11/h2-8H,17H2,1H3,(H,18,19,20). The quantitative estimate of drug-likeness (QED) is 0.705. The summed E-state index contributed by atoms with van der Waals surface area (Å²) in [6, 6.07) is 13.5. The summed E-state index contributed by atoms with van der Waals surface area (Å²) in [6.07, 6.45) is 0. The molecule has 0 aliphatic heterocycles. The minimum absolute atomic E-state index is 0.519. The van der Waals surface area contributed by atoms with E-state index in [1.165, 1.54) is 5.56 Å². The average Bonchev–Trinajstić information content (AvgIpc) is 2.92. The van der Waals surface area contributed by atoms with Crippen LogP contribution >= 0.6 is 11.6 Å². The molecule has 0 atom stereocenters. The first-order valence-corrected chi connectivity index (χ1v) is 6.56. The summed E-state index contributed by atoms with van der Waals surface area (Å²) in [7, 11) is 0. The number of aromatic amines is 1. The lowest BCUT2D eigenvalue weighted by Crippen LogP contribution is -1.88. The van der Waals surface area contributed by atoms with E-state index in [-0.39, 0.29) is 0 Å². The lowest BCUT2D eigenvalue weighted by atomic mass is 10.1. The first-order valence-electron chi connectivity index (χ1n) is 6.18. The van der Waals surface area contributed by atoms with Crippen molar-refractivity contribution in [1.29, 1.82) is 0 Å². The Labute approximate surface area is 121 Å². The van der Waals surface area contributed by atoms with Crippen LogP contribution in [0.25, 0.3) is 22.8 Å². The molecule has 3 aromatic rings. The molecular formula is C15H13ClN4. The number of hydrogen-bond donors (Lipinski definition) is 2. The Morgan fingerprint density at radius 3 is 2.45 bits per heavy atom. The topological polar surface area (TPSA) is 67.6 Å². The zero-order valence-corrected chi connectivity index (χ0v) is 11.6. The van der Waals surface area contributed by atoms with Crippen molar-refractivity contribution in [3.8, 4) is 22.8 Å². The van der Waals surface area contributed by atoms with Gasteiger partial charge in [0.1, 0.15) is 0 Å². The lowest BCUT2D eigenvalue weighted by molar-refractivity contribution is 1.10. The van der Waals surface area contributed by atoms with Crippen molar-refractivity contribution in [2.45, 2.75) is 6.92 Å². The highest BCUT2D eigenvalue weighted by Gasteiger charge is 2.08. The van der Waals surface area contributed by atoms with Gasteiger partial charge in [-0.2, -0.15) is 5.10 Å². The minimum atomic E-state index is 0.519. The van der Waals surface area contributed by atoms with E-state index in [2.05, 4.69) is 15.2 Å². The number of nitrogen functional groups attached to an aromatic ring is 1. The summed E-state index contributed by atoms with van der Waals surface area (Å²) in [5.74, 6) is 1.33. The second-order valence-corrected chi connectivity index (χ2v) is 5.02. The van der Waals surface area contributed by atoms with Gasteiger partial charge in [-0.1, -0.05) is 41.4 Å². The van der Waals surface area contributed by atoms with Crippen LogP contribution in [-0.2, 0) is 0 Å². The number of halogens is 1. The number of nitrogens with two attached hydrogens (primary N) is 1. The van der Waals surface area contributed by atoms with E-state index in [9.17, 15) is 0 Å². The molecule has 2 aromatic carbocycles. The van der Waals surface area contributed by atoms with Crippen LogP contribution < -0.4 is 5.73 Å². The summed E-state index contributed by atoms with van der Waals surface area (Å²) in [4.78, 5) is 4.49. The average molecular weight is 285 g/mol. The molecule has 0 spiro atoms. The van der Waals surface area contributed by atoms with E-state index < -0.39 is 0 Å². The van der Waals surface area contributed by atoms with Crippen LogP contribution in [0, 0.1) is 6.92 Å². The Hall–Kier alpha value is -2.33. The Morgan fingerprint density at radius 2 is 1.75 bits per heavy atom. The molecule has 5 heteroatoms. The van der Waals surface area contributed by atoms with Crippen molar-refractivity contribution in [2.24, 2.45) is 0 Å². The van der Waals surface area contributed by atoms with E-state index in [0.717, 1.165) is 17.0 Å². The van der Waals surface area contributed by atoms with Gasteiger partial charge in [0, 0.05) is 11.1 Å². The van der Waals surface area contributed by atoms with Gasteiger partial charge in [0.2, 0.25) is 0 Å². The van der Waals surface area contributed by atoms with Crippen LogP contribution in [0.2, 0.25) is 5.02 Å². The number of aryl methyl sites for hydroxylation is 1. The van der Waals surface area contributed by atoms with E-state index in [0.29, 0.717) is 16.5 Å². The van der Waals surface area contributed by atoms with Gasteiger partial charge in [-0.3, -0.25) is 5.10 Å². The lowest BCUT2D eigenvalue weighted by Gasteiger charge is -1.99. The van der Waals surface area contributed by atoms with E-state index in [1.807, 2.05) is 37.3 Å². The SMILES string of the molecule is Cc1ccc(-c2nc(-c3ccc(Cl)c(N)c3)n[nH]2)cc1. The molecule has 0 unspecified atom stereocenters. The highest BCUT2D eigenvalue weighted by molar-refractivity contribution is 6.33. The summed E-state index contributed by atoms with van der Waals surface area (Å²) in [6.45, 7) is 2.05. The molecular weight excluding hydrogens is 272 g/mol. The Kier molecular flexibility index (Phi) is 3.16. The van der Waals surface area contributed by atoms with Crippen LogP contribution in [0.15, 0.2) is 42.5 Å². The number of H-pyrrole nitrogens is 1. The molecule has 0 radical (unpaired) electrons. The van der Waals surface area contributed by atoms with E-state index in [1.54, 1.807) is 12.1 Å². The molecule has 0 bridgehead atoms. The molecule has 1 aromatic heterocycles. The molecule has 4 nitrogen and oxygen atoms in total. The number of hydrogen-bond acceptors (Lipinski definition) is 3. The molecule has 0 aliphatic carbocycles. The number of nitrogens with zero attached hydrogens (tertiary/aromatic N) is 2. The second kappa shape index (κ2) is 4.98. The fourth-order valence-electron chi connectivity index (χ4n) is 1.91. The number of anilines is 1. The molecule has 0 saturated heterocycles. The zero-order chi connectivity index (χ0) is 14.1. The first kappa shape index (κ1) is 12.7. The zero-order valence-electron chi connectivity index (χ0n) is 10.9. The predicted octanol–water partition coefficient (Wildman–Crippen LogP) is 3.68. The van der Waals surface area contributed by atoms with Gasteiger partial charge in [-0.05, 0) is 25.1 Å². The minimum Gasteiger partial charge on any atom is -0.398 e. The van der Waals surface area contributed by atoms with Crippen molar-refractivity contribution in [2.75, 3.05) is 5.73 Å². The summed E-state index contributed by atoms with van der Waals surface area (Å²) < 4.78 is 0. The Morgan fingerprint density at radius 1 is 1.05 bits per heavy atom. The number of rotatable bonds is 2. The third-order valence-corrected chi connectivity index (χ3v) is 3.41. The van der Waals surface area contributed by atoms with Gasteiger partial charge in [-0.25, -0.2) is 4.98 Å². The largest absolute Gasteiger partial charge is 0.398 e. The molecule has 0 amide bonds.